The van der Waals surface area contributed by atoms with Gasteiger partial charge in [0.05, 0.1) is 25.4 Å². The molecular weight excluding hydrogens is 999 g/mol. The van der Waals surface area contributed by atoms with E-state index in [1.807, 2.05) is 6.08 Å². The Hall–Kier alpha value is -1.63. The first-order valence-electron chi connectivity index (χ1n) is 34.8. The quantitative estimate of drug-likeness (QED) is 0.0232. The first-order chi connectivity index (χ1) is 39.3. The summed E-state index contributed by atoms with van der Waals surface area (Å²) in [5, 5.41) is 65.2. The molecule has 472 valence electrons. The molecule has 1 aliphatic heterocycles. The van der Waals surface area contributed by atoms with Crippen LogP contribution >= 0.6 is 0 Å². The van der Waals surface area contributed by atoms with Gasteiger partial charge in [0.15, 0.2) is 6.29 Å². The Bertz CT molecular complexity index is 1380. The number of aliphatic hydroxyl groups is 6. The van der Waals surface area contributed by atoms with Crippen molar-refractivity contribution < 1.29 is 44.9 Å². The Morgan fingerprint density at radius 3 is 1.09 bits per heavy atom. The molecule has 0 bridgehead atoms. The fourth-order valence-corrected chi connectivity index (χ4v) is 11.3. The van der Waals surface area contributed by atoms with Crippen LogP contribution in [0.3, 0.4) is 0 Å². The highest BCUT2D eigenvalue weighted by Gasteiger charge is 2.44. The zero-order chi connectivity index (χ0) is 58.0. The number of rotatable bonds is 61. The van der Waals surface area contributed by atoms with Gasteiger partial charge in [-0.1, -0.05) is 333 Å². The van der Waals surface area contributed by atoms with Crippen molar-refractivity contribution in [3.8, 4) is 0 Å². The van der Waals surface area contributed by atoms with Gasteiger partial charge in [0.1, 0.15) is 30.5 Å². The first-order valence-corrected chi connectivity index (χ1v) is 34.8. The standard InChI is InChI=1S/C70H133NO9/c1-3-5-7-9-11-13-15-17-19-21-22-23-24-25-26-27-28-29-30-31-32-33-34-35-36-37-38-39-40-41-43-45-47-49-51-53-55-57-59-64(74)69(78)71-62(61-79-70-68(77)67(76)66(75)65(60-72)80-70)63(73)58-56-54-52-50-48-46-44-42-20-18-16-14-12-10-8-6-4-2/h20,42,48,50,56,58,62-68,70,72-77H,3-19,21-41,43-47,49,51-55,57,59-61H2,1-2H3,(H,71,78)/b42-20+,50-48+,58-56+. The maximum absolute atomic E-state index is 13.2. The first kappa shape index (κ1) is 76.4. The second-order valence-corrected chi connectivity index (χ2v) is 24.5. The van der Waals surface area contributed by atoms with Crippen molar-refractivity contribution in [3.63, 3.8) is 0 Å². The van der Waals surface area contributed by atoms with Crippen LogP contribution in [0.2, 0.25) is 0 Å². The number of carbonyl (C=O) groups excluding carboxylic acids is 1. The molecule has 10 nitrogen and oxygen atoms in total. The highest BCUT2D eigenvalue weighted by atomic mass is 16.7. The molecule has 0 aromatic rings. The molecular formula is C70H133NO9. The van der Waals surface area contributed by atoms with E-state index >= 15 is 0 Å². The van der Waals surface area contributed by atoms with E-state index in [4.69, 9.17) is 9.47 Å². The number of hydrogen-bond acceptors (Lipinski definition) is 9. The Morgan fingerprint density at radius 2 is 0.738 bits per heavy atom. The second kappa shape index (κ2) is 59.1. The second-order valence-electron chi connectivity index (χ2n) is 24.5. The number of hydrogen-bond donors (Lipinski definition) is 7. The summed E-state index contributed by atoms with van der Waals surface area (Å²) in [6.07, 6.45) is 68.8. The smallest absolute Gasteiger partial charge is 0.249 e. The minimum atomic E-state index is -1.62. The summed E-state index contributed by atoms with van der Waals surface area (Å²) in [5.41, 5.74) is 0. The molecule has 1 amide bonds. The van der Waals surface area contributed by atoms with Crippen LogP contribution in [0.15, 0.2) is 36.5 Å². The van der Waals surface area contributed by atoms with E-state index in [1.54, 1.807) is 6.08 Å². The van der Waals surface area contributed by atoms with Gasteiger partial charge in [0, 0.05) is 0 Å². The summed E-state index contributed by atoms with van der Waals surface area (Å²) in [6.45, 7) is 3.63. The topological polar surface area (TPSA) is 169 Å². The molecule has 1 rings (SSSR count). The van der Waals surface area contributed by atoms with Crippen molar-refractivity contribution in [1.82, 2.24) is 5.32 Å². The molecule has 1 heterocycles. The van der Waals surface area contributed by atoms with E-state index < -0.39 is 61.5 Å². The third-order valence-electron chi connectivity index (χ3n) is 16.8. The van der Waals surface area contributed by atoms with Crippen LogP contribution in [-0.4, -0.2) is 98.7 Å². The zero-order valence-corrected chi connectivity index (χ0v) is 52.5. The van der Waals surface area contributed by atoms with Crippen LogP contribution in [0.5, 0.6) is 0 Å². The summed E-state index contributed by atoms with van der Waals surface area (Å²) in [7, 11) is 0. The lowest BCUT2D eigenvalue weighted by molar-refractivity contribution is -0.302. The SMILES string of the molecule is CCCCCCCCC/C=C/CC/C=C/CC/C=C/C(O)C(COC1OC(CO)C(O)C(O)C1O)NC(=O)C(O)CCCCCCCCCCCCCCCCCCCCCCCCCCCCCCCCCCCCCCCC. The van der Waals surface area contributed by atoms with E-state index in [9.17, 15) is 35.4 Å². The Balaban J connectivity index is 2.09. The van der Waals surface area contributed by atoms with Crippen molar-refractivity contribution in [2.75, 3.05) is 13.2 Å². The van der Waals surface area contributed by atoms with Crippen LogP contribution in [0.25, 0.3) is 0 Å². The molecule has 1 fully saturated rings. The molecule has 7 N–H and O–H groups in total. The van der Waals surface area contributed by atoms with Gasteiger partial charge in [-0.25, -0.2) is 0 Å². The Morgan fingerprint density at radius 1 is 0.425 bits per heavy atom. The fourth-order valence-electron chi connectivity index (χ4n) is 11.3. The zero-order valence-electron chi connectivity index (χ0n) is 52.5. The molecule has 0 saturated carbocycles. The van der Waals surface area contributed by atoms with Crippen LogP contribution in [0.4, 0.5) is 0 Å². The monoisotopic (exact) mass is 1130 g/mol. The van der Waals surface area contributed by atoms with Crippen molar-refractivity contribution in [2.45, 2.75) is 390 Å². The third kappa shape index (κ3) is 46.7. The van der Waals surface area contributed by atoms with E-state index in [-0.39, 0.29) is 6.61 Å². The molecule has 1 saturated heterocycles. The average molecular weight is 1130 g/mol. The van der Waals surface area contributed by atoms with Gasteiger partial charge in [-0.15, -0.1) is 0 Å². The van der Waals surface area contributed by atoms with Gasteiger partial charge in [-0.3, -0.25) is 4.79 Å². The highest BCUT2D eigenvalue weighted by Crippen LogP contribution is 2.23. The molecule has 0 aromatic heterocycles. The highest BCUT2D eigenvalue weighted by molar-refractivity contribution is 5.80. The van der Waals surface area contributed by atoms with E-state index in [0.29, 0.717) is 19.3 Å². The lowest BCUT2D eigenvalue weighted by Gasteiger charge is -2.40. The van der Waals surface area contributed by atoms with E-state index in [2.05, 4.69) is 43.5 Å². The average Bonchev–Trinajstić information content (AvgIpc) is 3.46. The molecule has 0 aliphatic carbocycles. The van der Waals surface area contributed by atoms with Crippen molar-refractivity contribution >= 4 is 5.91 Å². The number of amides is 1. The number of unbranched alkanes of at least 4 members (excludes halogenated alkanes) is 46. The van der Waals surface area contributed by atoms with Crippen molar-refractivity contribution in [1.29, 1.82) is 0 Å². The number of ether oxygens (including phenoxy) is 2. The van der Waals surface area contributed by atoms with E-state index in [0.717, 1.165) is 44.9 Å². The lowest BCUT2D eigenvalue weighted by atomic mass is 9.99. The molecule has 10 heteroatoms. The van der Waals surface area contributed by atoms with Gasteiger partial charge in [0.25, 0.3) is 0 Å². The summed E-state index contributed by atoms with van der Waals surface area (Å²) in [4.78, 5) is 13.2. The number of carbonyl (C=O) groups is 1. The molecule has 1 aliphatic rings. The molecule has 8 atom stereocenters. The largest absolute Gasteiger partial charge is 0.394 e. The summed E-state index contributed by atoms with van der Waals surface area (Å²) >= 11 is 0. The third-order valence-corrected chi connectivity index (χ3v) is 16.8. The van der Waals surface area contributed by atoms with Gasteiger partial charge in [-0.2, -0.15) is 0 Å². The number of nitrogens with one attached hydrogen (secondary N) is 1. The van der Waals surface area contributed by atoms with E-state index in [1.165, 1.54) is 263 Å². The predicted molar refractivity (Wildman–Crippen MR) is 338 cm³/mol. The normalized spacial score (nSPS) is 19.0. The van der Waals surface area contributed by atoms with Crippen LogP contribution < -0.4 is 5.32 Å². The summed E-state index contributed by atoms with van der Waals surface area (Å²) < 4.78 is 11.2. The molecule has 0 radical (unpaired) electrons. The van der Waals surface area contributed by atoms with Gasteiger partial charge in [-0.05, 0) is 44.9 Å². The summed E-state index contributed by atoms with van der Waals surface area (Å²) in [5.74, 6) is -0.624. The van der Waals surface area contributed by atoms with Gasteiger partial charge in [0.2, 0.25) is 5.91 Å². The molecule has 8 unspecified atom stereocenters. The maximum atomic E-state index is 13.2. The van der Waals surface area contributed by atoms with Gasteiger partial charge < -0.3 is 45.4 Å². The van der Waals surface area contributed by atoms with Gasteiger partial charge >= 0.3 is 0 Å². The van der Waals surface area contributed by atoms with Crippen LogP contribution in [-0.2, 0) is 14.3 Å². The lowest BCUT2D eigenvalue weighted by Crippen LogP contribution is -2.60. The summed E-state index contributed by atoms with van der Waals surface area (Å²) in [6, 6.07) is -1.00. The van der Waals surface area contributed by atoms with Crippen molar-refractivity contribution in [3.05, 3.63) is 36.5 Å². The Labute approximate surface area is 494 Å². The van der Waals surface area contributed by atoms with Crippen LogP contribution in [0, 0.1) is 0 Å². The number of aliphatic hydroxyl groups excluding tert-OH is 6. The van der Waals surface area contributed by atoms with Crippen molar-refractivity contribution in [2.24, 2.45) is 0 Å². The predicted octanol–water partition coefficient (Wildman–Crippen LogP) is 17.6. The minimum Gasteiger partial charge on any atom is -0.394 e. The Kier molecular flexibility index (Phi) is 56.4. The molecule has 0 spiro atoms. The fraction of sp³-hybridized carbons (Fsp3) is 0.900. The molecule has 0 aromatic carbocycles. The molecule has 80 heavy (non-hydrogen) atoms. The van der Waals surface area contributed by atoms with Crippen LogP contribution in [0.1, 0.15) is 341 Å². The maximum Gasteiger partial charge on any atom is 0.249 e. The minimum absolute atomic E-state index is 0.305. The number of allylic oxidation sites excluding steroid dienone is 5.